The lowest BCUT2D eigenvalue weighted by atomic mass is 9.93. The molecule has 1 unspecified atom stereocenters. The molecule has 3 aromatic carbocycles. The minimum Gasteiger partial charge on any atom is -0.507 e. The standard InChI is InChI=1S/C27H22BrN5O6/c1-32-26(37)17-9-14(11-29)24(23(28)22(17)27(32)38)31-30-18-10-13-8-15(34)12-33(7-6-20(36)39-2)25(13)16-4-3-5-19(35)21(16)18/h3-5,9-10,15,34-35H,6-8,12H2,1-2H3/b31-30+. The van der Waals surface area contributed by atoms with E-state index in [9.17, 15) is 29.9 Å². The fourth-order valence-electron chi connectivity index (χ4n) is 5.03. The van der Waals surface area contributed by atoms with Crippen molar-refractivity contribution < 1.29 is 29.3 Å². The van der Waals surface area contributed by atoms with Gasteiger partial charge in [0.15, 0.2) is 0 Å². The average molecular weight is 592 g/mol. The van der Waals surface area contributed by atoms with Crippen molar-refractivity contribution in [2.45, 2.75) is 18.9 Å². The van der Waals surface area contributed by atoms with Crippen molar-refractivity contribution in [3.63, 3.8) is 0 Å². The molecule has 0 saturated heterocycles. The lowest BCUT2D eigenvalue weighted by molar-refractivity contribution is -0.140. The van der Waals surface area contributed by atoms with Gasteiger partial charge in [0.2, 0.25) is 0 Å². The van der Waals surface area contributed by atoms with E-state index in [4.69, 9.17) is 4.74 Å². The van der Waals surface area contributed by atoms with Crippen LogP contribution in [0.1, 0.15) is 38.3 Å². The molecule has 11 nitrogen and oxygen atoms in total. The van der Waals surface area contributed by atoms with Crippen molar-refractivity contribution in [3.05, 3.63) is 57.1 Å². The molecule has 39 heavy (non-hydrogen) atoms. The van der Waals surface area contributed by atoms with Gasteiger partial charge in [0.1, 0.15) is 17.5 Å². The number of β-amino-alcohol motifs (C(OH)–C–C–N with tert-alkyl or cyclic N) is 1. The number of carbonyl (C=O) groups is 3. The molecule has 2 heterocycles. The maximum Gasteiger partial charge on any atom is 0.307 e. The van der Waals surface area contributed by atoms with Crippen LogP contribution in [0.3, 0.4) is 0 Å². The van der Waals surface area contributed by atoms with Crippen LogP contribution in [0.15, 0.2) is 45.0 Å². The highest BCUT2D eigenvalue weighted by molar-refractivity contribution is 9.10. The number of benzene rings is 3. The van der Waals surface area contributed by atoms with E-state index in [1.165, 1.54) is 26.3 Å². The minimum atomic E-state index is -0.703. The van der Waals surface area contributed by atoms with Gasteiger partial charge in [-0.25, -0.2) is 0 Å². The summed E-state index contributed by atoms with van der Waals surface area (Å²) in [5.41, 5.74) is 2.07. The third-order valence-corrected chi connectivity index (χ3v) is 7.63. The molecule has 5 rings (SSSR count). The van der Waals surface area contributed by atoms with Crippen molar-refractivity contribution >= 4 is 61.5 Å². The SMILES string of the molecule is COC(=O)CCN1CC(O)Cc2cc(/N=N/c3c(C#N)cc4c(c3Br)C(=O)N(C)C4=O)c3c(O)cccc3c21. The first-order chi connectivity index (χ1) is 18.7. The largest absolute Gasteiger partial charge is 0.507 e. The number of anilines is 1. The van der Waals surface area contributed by atoms with Crippen LogP contribution in [0.5, 0.6) is 5.75 Å². The zero-order valence-electron chi connectivity index (χ0n) is 20.9. The molecule has 0 aliphatic carbocycles. The number of rotatable bonds is 5. The first kappa shape index (κ1) is 26.3. The van der Waals surface area contributed by atoms with Gasteiger partial charge in [0.05, 0.1) is 51.9 Å². The highest BCUT2D eigenvalue weighted by Gasteiger charge is 2.37. The third kappa shape index (κ3) is 4.39. The number of imide groups is 1. The molecular weight excluding hydrogens is 570 g/mol. The molecule has 0 radical (unpaired) electrons. The van der Waals surface area contributed by atoms with E-state index >= 15 is 0 Å². The quantitative estimate of drug-likeness (QED) is 0.255. The van der Waals surface area contributed by atoms with E-state index in [0.717, 1.165) is 16.2 Å². The lowest BCUT2D eigenvalue weighted by Crippen LogP contribution is -2.39. The summed E-state index contributed by atoms with van der Waals surface area (Å²) in [6, 6.07) is 10.0. The summed E-state index contributed by atoms with van der Waals surface area (Å²) < 4.78 is 4.93. The number of aliphatic hydroxyl groups is 1. The van der Waals surface area contributed by atoms with E-state index in [-0.39, 0.29) is 50.7 Å². The van der Waals surface area contributed by atoms with Gasteiger partial charge in [0.25, 0.3) is 11.8 Å². The number of fused-ring (bicyclic) bond motifs is 4. The molecule has 0 saturated carbocycles. The van der Waals surface area contributed by atoms with Crippen LogP contribution in [-0.2, 0) is 16.0 Å². The summed E-state index contributed by atoms with van der Waals surface area (Å²) in [7, 11) is 2.67. The monoisotopic (exact) mass is 591 g/mol. The summed E-state index contributed by atoms with van der Waals surface area (Å²) in [6.45, 7) is 0.599. The number of esters is 1. The summed E-state index contributed by atoms with van der Waals surface area (Å²) in [5.74, 6) is -1.48. The molecule has 198 valence electrons. The number of azo groups is 1. The van der Waals surface area contributed by atoms with Gasteiger partial charge in [-0.2, -0.15) is 5.26 Å². The highest BCUT2D eigenvalue weighted by Crippen LogP contribution is 2.45. The van der Waals surface area contributed by atoms with Crippen LogP contribution in [0, 0.1) is 11.3 Å². The Balaban J connectivity index is 1.65. The second-order valence-corrected chi connectivity index (χ2v) is 10.0. The van der Waals surface area contributed by atoms with Crippen molar-refractivity contribution in [1.29, 1.82) is 5.26 Å². The topological polar surface area (TPSA) is 156 Å². The fraction of sp³-hybridized carbons (Fsp3) is 0.259. The molecule has 2 aliphatic heterocycles. The maximum absolute atomic E-state index is 12.6. The molecular formula is C27H22BrN5O6. The molecule has 2 aliphatic rings. The van der Waals surface area contributed by atoms with Gasteiger partial charge in [-0.15, -0.1) is 10.2 Å². The van der Waals surface area contributed by atoms with Crippen LogP contribution < -0.4 is 4.90 Å². The van der Waals surface area contributed by atoms with Crippen LogP contribution in [0.2, 0.25) is 0 Å². The lowest BCUT2D eigenvalue weighted by Gasteiger charge is -2.35. The Kier molecular flexibility index (Phi) is 6.80. The summed E-state index contributed by atoms with van der Waals surface area (Å²) in [4.78, 5) is 39.7. The second-order valence-electron chi connectivity index (χ2n) is 9.22. The van der Waals surface area contributed by atoms with E-state index in [0.29, 0.717) is 30.3 Å². The van der Waals surface area contributed by atoms with Gasteiger partial charge in [-0.3, -0.25) is 19.3 Å². The van der Waals surface area contributed by atoms with Crippen LogP contribution in [0.25, 0.3) is 10.8 Å². The van der Waals surface area contributed by atoms with Crippen molar-refractivity contribution in [3.8, 4) is 11.8 Å². The third-order valence-electron chi connectivity index (χ3n) is 6.86. The Bertz CT molecular complexity index is 1650. The van der Waals surface area contributed by atoms with Gasteiger partial charge >= 0.3 is 5.97 Å². The number of nitriles is 1. The zero-order chi connectivity index (χ0) is 28.0. The number of carbonyl (C=O) groups excluding carboxylic acids is 3. The number of methoxy groups -OCH3 is 1. The number of halogens is 1. The maximum atomic E-state index is 12.6. The Morgan fingerprint density at radius 1 is 1.26 bits per heavy atom. The van der Waals surface area contributed by atoms with Gasteiger partial charge in [-0.05, 0) is 39.7 Å². The number of aromatic hydroxyl groups is 1. The highest BCUT2D eigenvalue weighted by atomic mass is 79.9. The molecule has 0 aromatic heterocycles. The molecule has 0 bridgehead atoms. The van der Waals surface area contributed by atoms with Gasteiger partial charge < -0.3 is 19.8 Å². The normalized spacial score (nSPS) is 16.5. The summed E-state index contributed by atoms with van der Waals surface area (Å²) in [5, 5.41) is 40.8. The molecule has 0 fully saturated rings. The van der Waals surface area contributed by atoms with Crippen molar-refractivity contribution in [2.24, 2.45) is 10.2 Å². The number of phenols is 1. The summed E-state index contributed by atoms with van der Waals surface area (Å²) >= 11 is 3.34. The minimum absolute atomic E-state index is 0.0386. The first-order valence-electron chi connectivity index (χ1n) is 11.9. The van der Waals surface area contributed by atoms with E-state index in [1.807, 2.05) is 17.0 Å². The molecule has 1 atom stereocenters. The van der Waals surface area contributed by atoms with Crippen LogP contribution in [-0.4, -0.2) is 66.2 Å². The predicted octanol–water partition coefficient (Wildman–Crippen LogP) is 4.11. The number of nitrogens with zero attached hydrogens (tertiary/aromatic N) is 5. The number of hydrogen-bond donors (Lipinski definition) is 2. The Labute approximate surface area is 231 Å². The zero-order valence-corrected chi connectivity index (χ0v) is 22.5. The number of hydrogen-bond acceptors (Lipinski definition) is 10. The van der Waals surface area contributed by atoms with E-state index in [2.05, 4.69) is 26.2 Å². The van der Waals surface area contributed by atoms with Crippen LogP contribution >= 0.6 is 15.9 Å². The Hall–Kier alpha value is -4.34. The first-order valence-corrected chi connectivity index (χ1v) is 12.7. The average Bonchev–Trinajstić information content (AvgIpc) is 3.13. The number of amides is 2. The number of ether oxygens (including phenoxy) is 1. The number of aliphatic hydroxyl groups excluding tert-OH is 1. The smallest absolute Gasteiger partial charge is 0.307 e. The second kappa shape index (κ2) is 10.1. The van der Waals surface area contributed by atoms with Gasteiger partial charge in [0, 0.05) is 37.6 Å². The fourth-order valence-corrected chi connectivity index (χ4v) is 5.71. The Morgan fingerprint density at radius 2 is 2.03 bits per heavy atom. The molecule has 12 heteroatoms. The van der Waals surface area contributed by atoms with E-state index < -0.39 is 17.9 Å². The van der Waals surface area contributed by atoms with Crippen molar-refractivity contribution in [1.82, 2.24) is 4.90 Å². The number of phenolic OH excluding ortho intramolecular Hbond substituents is 1. The van der Waals surface area contributed by atoms with Gasteiger partial charge in [-0.1, -0.05) is 12.1 Å². The predicted molar refractivity (Wildman–Crippen MR) is 144 cm³/mol. The van der Waals surface area contributed by atoms with E-state index in [1.54, 1.807) is 12.1 Å². The molecule has 2 amide bonds. The molecule has 2 N–H and O–H groups in total. The Morgan fingerprint density at radius 3 is 2.74 bits per heavy atom. The summed E-state index contributed by atoms with van der Waals surface area (Å²) in [6.07, 6.45) is -0.275. The molecule has 0 spiro atoms. The van der Waals surface area contributed by atoms with Crippen LogP contribution in [0.4, 0.5) is 17.1 Å². The molecule has 3 aromatic rings. The van der Waals surface area contributed by atoms with Crippen molar-refractivity contribution in [2.75, 3.05) is 32.1 Å².